The molecule has 4 heteroatoms. The minimum absolute atomic E-state index is 0.218. The summed E-state index contributed by atoms with van der Waals surface area (Å²) in [5, 5.41) is 8.77. The van der Waals surface area contributed by atoms with E-state index in [2.05, 4.69) is 25.7 Å². The van der Waals surface area contributed by atoms with Gasteiger partial charge in [0.1, 0.15) is 12.0 Å². The van der Waals surface area contributed by atoms with Crippen LogP contribution in [0.5, 0.6) is 0 Å². The first-order valence-corrected chi connectivity index (χ1v) is 5.59. The zero-order chi connectivity index (χ0) is 12.1. The van der Waals surface area contributed by atoms with Gasteiger partial charge in [-0.2, -0.15) is 0 Å². The summed E-state index contributed by atoms with van der Waals surface area (Å²) in [7, 11) is 0. The van der Waals surface area contributed by atoms with Crippen LogP contribution in [-0.4, -0.2) is 28.6 Å². The second-order valence-electron chi connectivity index (χ2n) is 4.17. The first kappa shape index (κ1) is 12.8. The second kappa shape index (κ2) is 5.70. The molecule has 0 saturated heterocycles. The van der Waals surface area contributed by atoms with Crippen molar-refractivity contribution in [3.8, 4) is 0 Å². The molecular formula is C12H19NO3. The van der Waals surface area contributed by atoms with Crippen molar-refractivity contribution in [1.82, 2.24) is 4.90 Å². The van der Waals surface area contributed by atoms with Gasteiger partial charge in [0.25, 0.3) is 0 Å². The molecule has 0 unspecified atom stereocenters. The predicted octanol–water partition coefficient (Wildman–Crippen LogP) is 2.60. The molecule has 1 aromatic heterocycles. The highest BCUT2D eigenvalue weighted by Gasteiger charge is 2.13. The Labute approximate surface area is 95.9 Å². The molecule has 0 atom stereocenters. The molecule has 0 amide bonds. The van der Waals surface area contributed by atoms with Crippen molar-refractivity contribution in [2.75, 3.05) is 6.54 Å². The maximum atomic E-state index is 10.7. The zero-order valence-electron chi connectivity index (χ0n) is 10.1. The quantitative estimate of drug-likeness (QED) is 0.808. The van der Waals surface area contributed by atoms with E-state index in [1.807, 2.05) is 0 Å². The van der Waals surface area contributed by atoms with E-state index in [-0.39, 0.29) is 5.56 Å². The fraction of sp³-hybridized carbons (Fsp3) is 0.583. The lowest BCUT2D eigenvalue weighted by Crippen LogP contribution is -2.30. The number of nitrogens with zero attached hydrogens (tertiary/aromatic N) is 1. The molecule has 1 aromatic rings. The average molecular weight is 225 g/mol. The van der Waals surface area contributed by atoms with Crippen molar-refractivity contribution in [3.05, 3.63) is 23.7 Å². The molecule has 0 radical (unpaired) electrons. The van der Waals surface area contributed by atoms with Gasteiger partial charge in [-0.3, -0.25) is 4.90 Å². The second-order valence-corrected chi connectivity index (χ2v) is 4.17. The van der Waals surface area contributed by atoms with Crippen LogP contribution in [0.1, 0.15) is 43.3 Å². The van der Waals surface area contributed by atoms with E-state index in [1.54, 1.807) is 6.07 Å². The molecule has 0 aliphatic rings. The van der Waals surface area contributed by atoms with Gasteiger partial charge in [-0.15, -0.1) is 0 Å². The zero-order valence-corrected chi connectivity index (χ0v) is 10.1. The number of furan rings is 1. The summed E-state index contributed by atoms with van der Waals surface area (Å²) < 4.78 is 5.23. The van der Waals surface area contributed by atoms with Gasteiger partial charge in [0, 0.05) is 6.04 Å². The van der Waals surface area contributed by atoms with E-state index >= 15 is 0 Å². The minimum Gasteiger partial charge on any atom is -0.478 e. The Morgan fingerprint density at radius 2 is 2.25 bits per heavy atom. The van der Waals surface area contributed by atoms with Crippen molar-refractivity contribution in [2.45, 2.75) is 39.8 Å². The molecule has 0 saturated carbocycles. The van der Waals surface area contributed by atoms with Crippen LogP contribution in [0, 0.1) is 0 Å². The topological polar surface area (TPSA) is 53.7 Å². The molecule has 0 spiro atoms. The van der Waals surface area contributed by atoms with Crippen LogP contribution in [0.2, 0.25) is 0 Å². The molecular weight excluding hydrogens is 206 g/mol. The molecule has 0 fully saturated rings. The average Bonchev–Trinajstić information content (AvgIpc) is 2.65. The molecule has 4 nitrogen and oxygen atoms in total. The monoisotopic (exact) mass is 225 g/mol. The molecule has 0 aliphatic heterocycles. The van der Waals surface area contributed by atoms with Crippen LogP contribution in [-0.2, 0) is 6.54 Å². The molecule has 1 rings (SSSR count). The minimum atomic E-state index is -0.943. The molecule has 16 heavy (non-hydrogen) atoms. The number of rotatable bonds is 6. The van der Waals surface area contributed by atoms with E-state index in [0.717, 1.165) is 13.0 Å². The van der Waals surface area contributed by atoms with Gasteiger partial charge < -0.3 is 9.52 Å². The fourth-order valence-corrected chi connectivity index (χ4v) is 1.58. The highest BCUT2D eigenvalue weighted by atomic mass is 16.4. The van der Waals surface area contributed by atoms with Gasteiger partial charge in [0.05, 0.1) is 12.1 Å². The highest BCUT2D eigenvalue weighted by molar-refractivity contribution is 5.87. The number of carboxylic acids is 1. The van der Waals surface area contributed by atoms with Crippen molar-refractivity contribution in [2.24, 2.45) is 0 Å². The molecule has 0 aromatic carbocycles. The van der Waals surface area contributed by atoms with Crippen LogP contribution < -0.4 is 0 Å². The lowest BCUT2D eigenvalue weighted by atomic mass is 10.2. The van der Waals surface area contributed by atoms with Crippen molar-refractivity contribution >= 4 is 5.97 Å². The first-order valence-electron chi connectivity index (χ1n) is 5.59. The van der Waals surface area contributed by atoms with Crippen molar-refractivity contribution in [3.63, 3.8) is 0 Å². The SMILES string of the molecule is CCCN(Cc1cc(C(=O)O)co1)C(C)C. The normalized spacial score (nSPS) is 11.3. The summed E-state index contributed by atoms with van der Waals surface area (Å²) in [5.41, 5.74) is 0.218. The third kappa shape index (κ3) is 3.38. The molecule has 1 heterocycles. The Morgan fingerprint density at radius 3 is 2.69 bits per heavy atom. The van der Waals surface area contributed by atoms with Crippen LogP contribution in [0.25, 0.3) is 0 Å². The molecule has 1 N–H and O–H groups in total. The van der Waals surface area contributed by atoms with E-state index in [0.29, 0.717) is 18.3 Å². The summed E-state index contributed by atoms with van der Waals surface area (Å²) in [6.45, 7) is 8.02. The number of hydrogen-bond acceptors (Lipinski definition) is 3. The summed E-state index contributed by atoms with van der Waals surface area (Å²) in [5.74, 6) is -0.235. The summed E-state index contributed by atoms with van der Waals surface area (Å²) in [6, 6.07) is 2.02. The number of carbonyl (C=O) groups is 1. The number of hydrogen-bond donors (Lipinski definition) is 1. The smallest absolute Gasteiger partial charge is 0.338 e. The van der Waals surface area contributed by atoms with Crippen LogP contribution in [0.3, 0.4) is 0 Å². The van der Waals surface area contributed by atoms with Gasteiger partial charge in [-0.25, -0.2) is 4.79 Å². The van der Waals surface area contributed by atoms with E-state index < -0.39 is 5.97 Å². The van der Waals surface area contributed by atoms with Gasteiger partial charge in [-0.05, 0) is 32.9 Å². The Bertz CT molecular complexity index is 344. The Balaban J connectivity index is 2.66. The third-order valence-electron chi connectivity index (χ3n) is 2.50. The largest absolute Gasteiger partial charge is 0.478 e. The standard InChI is InChI=1S/C12H19NO3/c1-4-5-13(9(2)3)7-11-6-10(8-16-11)12(14)15/h6,8-9H,4-5,7H2,1-3H3,(H,14,15). The van der Waals surface area contributed by atoms with E-state index in [1.165, 1.54) is 6.26 Å². The summed E-state index contributed by atoms with van der Waals surface area (Å²) in [4.78, 5) is 12.9. The summed E-state index contributed by atoms with van der Waals surface area (Å²) >= 11 is 0. The Kier molecular flexibility index (Phi) is 4.55. The molecule has 90 valence electrons. The third-order valence-corrected chi connectivity index (χ3v) is 2.50. The summed E-state index contributed by atoms with van der Waals surface area (Å²) in [6.07, 6.45) is 2.37. The Morgan fingerprint density at radius 1 is 1.56 bits per heavy atom. The van der Waals surface area contributed by atoms with Crippen molar-refractivity contribution in [1.29, 1.82) is 0 Å². The molecule has 0 aliphatic carbocycles. The number of aromatic carboxylic acids is 1. The van der Waals surface area contributed by atoms with E-state index in [4.69, 9.17) is 9.52 Å². The van der Waals surface area contributed by atoms with Crippen LogP contribution in [0.4, 0.5) is 0 Å². The van der Waals surface area contributed by atoms with Crippen LogP contribution >= 0.6 is 0 Å². The lowest BCUT2D eigenvalue weighted by Gasteiger charge is -2.24. The van der Waals surface area contributed by atoms with E-state index in [9.17, 15) is 4.79 Å². The number of carboxylic acid groups (broad SMARTS) is 1. The van der Waals surface area contributed by atoms with Crippen LogP contribution in [0.15, 0.2) is 16.7 Å². The Hall–Kier alpha value is -1.29. The van der Waals surface area contributed by atoms with Crippen molar-refractivity contribution < 1.29 is 14.3 Å². The highest BCUT2D eigenvalue weighted by Crippen LogP contribution is 2.12. The van der Waals surface area contributed by atoms with Gasteiger partial charge in [0.15, 0.2) is 0 Å². The van der Waals surface area contributed by atoms with Gasteiger partial charge in [-0.1, -0.05) is 6.92 Å². The van der Waals surface area contributed by atoms with Gasteiger partial charge in [0.2, 0.25) is 0 Å². The van der Waals surface area contributed by atoms with Gasteiger partial charge >= 0.3 is 5.97 Å². The maximum Gasteiger partial charge on any atom is 0.338 e. The maximum absolute atomic E-state index is 10.7. The lowest BCUT2D eigenvalue weighted by molar-refractivity contribution is 0.0696. The predicted molar refractivity (Wildman–Crippen MR) is 61.5 cm³/mol. The molecule has 0 bridgehead atoms. The fourth-order valence-electron chi connectivity index (χ4n) is 1.58. The first-order chi connectivity index (χ1) is 7.54.